The predicted octanol–water partition coefficient (Wildman–Crippen LogP) is 2.83. The van der Waals surface area contributed by atoms with Crippen molar-refractivity contribution in [1.82, 2.24) is 5.32 Å². The van der Waals surface area contributed by atoms with Crippen LogP contribution in [0.2, 0.25) is 0 Å². The highest BCUT2D eigenvalue weighted by molar-refractivity contribution is 5.73. The highest BCUT2D eigenvalue weighted by atomic mass is 16.1. The summed E-state index contributed by atoms with van der Waals surface area (Å²) >= 11 is 0. The van der Waals surface area contributed by atoms with E-state index in [1.54, 1.807) is 6.92 Å². The Morgan fingerprint density at radius 3 is 2.68 bits per heavy atom. The van der Waals surface area contributed by atoms with E-state index in [9.17, 15) is 4.79 Å². The predicted molar refractivity (Wildman–Crippen MR) is 79.5 cm³/mol. The average Bonchev–Trinajstić information content (AvgIpc) is 2.59. The Balaban J connectivity index is 2.32. The first-order valence-corrected chi connectivity index (χ1v) is 6.96. The Morgan fingerprint density at radius 2 is 2.11 bits per heavy atom. The van der Waals surface area contributed by atoms with Gasteiger partial charge in [0.1, 0.15) is 0 Å². The van der Waals surface area contributed by atoms with Crippen molar-refractivity contribution < 1.29 is 4.79 Å². The molecule has 1 amide bonds. The van der Waals surface area contributed by atoms with Crippen LogP contribution < -0.4 is 10.2 Å². The van der Waals surface area contributed by atoms with Crippen LogP contribution in [-0.4, -0.2) is 18.5 Å². The topological polar surface area (TPSA) is 32.3 Å². The number of anilines is 1. The molecular weight excluding hydrogens is 236 g/mol. The quantitative estimate of drug-likeness (QED) is 0.906. The van der Waals surface area contributed by atoms with Crippen LogP contribution in [0.1, 0.15) is 45.7 Å². The number of carbonyl (C=O) groups excluding carboxylic acids is 1. The number of fused-ring (bicyclic) bond motifs is 1. The third-order valence-corrected chi connectivity index (χ3v) is 3.83. The normalized spacial score (nSPS) is 16.6. The van der Waals surface area contributed by atoms with Crippen molar-refractivity contribution in [3.63, 3.8) is 0 Å². The van der Waals surface area contributed by atoms with E-state index in [2.05, 4.69) is 56.1 Å². The Hall–Kier alpha value is -1.51. The number of nitrogens with zero attached hydrogens (tertiary/aromatic N) is 1. The minimum absolute atomic E-state index is 0.0153. The van der Waals surface area contributed by atoms with Gasteiger partial charge in [-0.3, -0.25) is 4.79 Å². The molecule has 0 unspecified atom stereocenters. The van der Waals surface area contributed by atoms with E-state index < -0.39 is 0 Å². The maximum atomic E-state index is 11.0. The summed E-state index contributed by atoms with van der Waals surface area (Å²) in [6.07, 6.45) is 0. The van der Waals surface area contributed by atoms with Gasteiger partial charge in [0.05, 0.1) is 0 Å². The molecule has 0 bridgehead atoms. The maximum absolute atomic E-state index is 11.0. The van der Waals surface area contributed by atoms with Crippen molar-refractivity contribution in [3.8, 4) is 0 Å². The molecule has 3 heteroatoms. The zero-order valence-corrected chi connectivity index (χ0v) is 12.6. The maximum Gasteiger partial charge on any atom is 0.217 e. The standard InChI is InChI=1S/C16H24N2O/c1-11(2)18-10-16(4,5)14-7-6-13(8-15(14)18)9-17-12(3)19/h6-8,11H,9-10H2,1-5H3,(H,17,19). The first kappa shape index (κ1) is 13.9. The summed E-state index contributed by atoms with van der Waals surface area (Å²) in [6.45, 7) is 12.3. The molecule has 0 spiro atoms. The van der Waals surface area contributed by atoms with E-state index >= 15 is 0 Å². The molecule has 3 nitrogen and oxygen atoms in total. The van der Waals surface area contributed by atoms with Crippen LogP contribution in [0, 0.1) is 0 Å². The highest BCUT2D eigenvalue weighted by Gasteiger charge is 2.35. The number of hydrogen-bond donors (Lipinski definition) is 1. The fourth-order valence-electron chi connectivity index (χ4n) is 2.78. The summed E-state index contributed by atoms with van der Waals surface area (Å²) in [4.78, 5) is 13.5. The SMILES string of the molecule is CC(=O)NCc1ccc2c(c1)N(C(C)C)CC2(C)C. The molecule has 19 heavy (non-hydrogen) atoms. The third-order valence-electron chi connectivity index (χ3n) is 3.83. The van der Waals surface area contributed by atoms with Gasteiger partial charge in [0.2, 0.25) is 5.91 Å². The lowest BCUT2D eigenvalue weighted by Crippen LogP contribution is -2.33. The molecule has 0 fully saturated rings. The average molecular weight is 260 g/mol. The summed E-state index contributed by atoms with van der Waals surface area (Å²) < 4.78 is 0. The molecule has 0 saturated heterocycles. The monoisotopic (exact) mass is 260 g/mol. The lowest BCUT2D eigenvalue weighted by molar-refractivity contribution is -0.119. The minimum Gasteiger partial charge on any atom is -0.368 e. The fraction of sp³-hybridized carbons (Fsp3) is 0.562. The van der Waals surface area contributed by atoms with Crippen LogP contribution in [0.3, 0.4) is 0 Å². The van der Waals surface area contributed by atoms with Crippen LogP contribution >= 0.6 is 0 Å². The summed E-state index contributed by atoms with van der Waals surface area (Å²) in [5.74, 6) is 0.0153. The van der Waals surface area contributed by atoms with E-state index in [0.29, 0.717) is 12.6 Å². The number of benzene rings is 1. The van der Waals surface area contributed by atoms with Crippen LogP contribution in [0.5, 0.6) is 0 Å². The first-order chi connectivity index (χ1) is 8.81. The Kier molecular flexibility index (Phi) is 3.57. The second-order valence-electron chi connectivity index (χ2n) is 6.37. The van der Waals surface area contributed by atoms with Crippen molar-refractivity contribution in [3.05, 3.63) is 29.3 Å². The summed E-state index contributed by atoms with van der Waals surface area (Å²) in [7, 11) is 0. The van der Waals surface area contributed by atoms with E-state index in [1.165, 1.54) is 11.3 Å². The van der Waals surface area contributed by atoms with Gasteiger partial charge in [-0.25, -0.2) is 0 Å². The molecule has 1 aromatic carbocycles. The van der Waals surface area contributed by atoms with Crippen molar-refractivity contribution >= 4 is 11.6 Å². The fourth-order valence-corrected chi connectivity index (χ4v) is 2.78. The molecule has 0 aromatic heterocycles. The van der Waals surface area contributed by atoms with Crippen molar-refractivity contribution in [2.24, 2.45) is 0 Å². The molecule has 1 heterocycles. The van der Waals surface area contributed by atoms with Gasteiger partial charge in [-0.05, 0) is 31.0 Å². The number of carbonyl (C=O) groups is 1. The van der Waals surface area contributed by atoms with E-state index in [1.807, 2.05) is 0 Å². The van der Waals surface area contributed by atoms with Gasteiger partial charge >= 0.3 is 0 Å². The summed E-state index contributed by atoms with van der Waals surface area (Å²) in [5, 5.41) is 2.86. The summed E-state index contributed by atoms with van der Waals surface area (Å²) in [5.41, 5.74) is 4.10. The Morgan fingerprint density at radius 1 is 1.42 bits per heavy atom. The van der Waals surface area contributed by atoms with Crippen molar-refractivity contribution in [1.29, 1.82) is 0 Å². The molecule has 0 atom stereocenters. The van der Waals surface area contributed by atoms with Gasteiger partial charge in [0.25, 0.3) is 0 Å². The first-order valence-electron chi connectivity index (χ1n) is 6.96. The van der Waals surface area contributed by atoms with Crippen molar-refractivity contribution in [2.75, 3.05) is 11.4 Å². The largest absolute Gasteiger partial charge is 0.368 e. The van der Waals surface area contributed by atoms with Gasteiger partial charge in [0.15, 0.2) is 0 Å². The summed E-state index contributed by atoms with van der Waals surface area (Å²) in [6, 6.07) is 7.06. The zero-order chi connectivity index (χ0) is 14.2. The van der Waals surface area contributed by atoms with Crippen LogP contribution in [0.4, 0.5) is 5.69 Å². The number of hydrogen-bond acceptors (Lipinski definition) is 2. The van der Waals surface area contributed by atoms with Crippen molar-refractivity contribution in [2.45, 2.75) is 52.6 Å². The lowest BCUT2D eigenvalue weighted by atomic mass is 9.86. The zero-order valence-electron chi connectivity index (χ0n) is 12.6. The van der Waals surface area contributed by atoms with E-state index in [4.69, 9.17) is 0 Å². The highest BCUT2D eigenvalue weighted by Crippen LogP contribution is 2.41. The second-order valence-corrected chi connectivity index (χ2v) is 6.37. The molecule has 1 N–H and O–H groups in total. The van der Waals surface area contributed by atoms with Gasteiger partial charge in [-0.15, -0.1) is 0 Å². The second kappa shape index (κ2) is 4.87. The third kappa shape index (κ3) is 2.75. The number of amides is 1. The molecular formula is C16H24N2O. The molecule has 0 radical (unpaired) electrons. The van der Waals surface area contributed by atoms with Crippen LogP contribution in [0.15, 0.2) is 18.2 Å². The van der Waals surface area contributed by atoms with E-state index in [-0.39, 0.29) is 11.3 Å². The van der Waals surface area contributed by atoms with Gasteiger partial charge in [-0.2, -0.15) is 0 Å². The molecule has 1 aliphatic rings. The minimum atomic E-state index is 0.0153. The molecule has 0 aliphatic carbocycles. The Bertz CT molecular complexity index is 492. The smallest absolute Gasteiger partial charge is 0.217 e. The van der Waals surface area contributed by atoms with Gasteiger partial charge in [0, 0.05) is 37.2 Å². The lowest BCUT2D eigenvalue weighted by Gasteiger charge is -2.26. The van der Waals surface area contributed by atoms with Gasteiger partial charge < -0.3 is 10.2 Å². The Labute approximate surface area is 116 Å². The molecule has 0 saturated carbocycles. The molecule has 104 valence electrons. The molecule has 2 rings (SSSR count). The van der Waals surface area contributed by atoms with Gasteiger partial charge in [-0.1, -0.05) is 26.0 Å². The van der Waals surface area contributed by atoms with Crippen LogP contribution in [0.25, 0.3) is 0 Å². The molecule has 1 aromatic rings. The van der Waals surface area contributed by atoms with E-state index in [0.717, 1.165) is 12.1 Å². The number of rotatable bonds is 3. The molecule has 1 aliphatic heterocycles. The van der Waals surface area contributed by atoms with Crippen LogP contribution in [-0.2, 0) is 16.8 Å². The number of nitrogens with one attached hydrogen (secondary N) is 1.